The van der Waals surface area contributed by atoms with Gasteiger partial charge in [0.05, 0.1) is 10.2 Å². The van der Waals surface area contributed by atoms with Crippen LogP contribution in [-0.4, -0.2) is 26.8 Å². The van der Waals surface area contributed by atoms with Crippen LogP contribution in [0.1, 0.15) is 11.1 Å². The highest BCUT2D eigenvalue weighted by Gasteiger charge is 2.12. The Hall–Kier alpha value is -2.05. The van der Waals surface area contributed by atoms with Gasteiger partial charge in [-0.1, -0.05) is 40.7 Å². The second kappa shape index (κ2) is 6.37. The summed E-state index contributed by atoms with van der Waals surface area (Å²) in [5.41, 5.74) is 2.95. The number of para-hydroxylation sites is 1. The molecule has 1 heterocycles. The second-order valence-electron chi connectivity index (χ2n) is 4.80. The van der Waals surface area contributed by atoms with Crippen molar-refractivity contribution < 1.29 is 10.3 Å². The van der Waals surface area contributed by atoms with Gasteiger partial charge in [-0.2, -0.15) is 0 Å². The van der Waals surface area contributed by atoms with E-state index in [9.17, 15) is 10.3 Å². The van der Waals surface area contributed by atoms with Gasteiger partial charge in [-0.05, 0) is 31.2 Å². The predicted octanol–water partition coefficient (Wildman–Crippen LogP) is 4.28. The van der Waals surface area contributed by atoms with E-state index in [2.05, 4.69) is 10.1 Å². The number of thiazole rings is 1. The standard InChI is InChI=1S/C16H14N2O2S2/c1-10-6-7-14(19)11(8-10)13(18-20)9-21-16-17-12-4-2-3-5-15(12)22-16/h2-8,19-20H,9H2,1H3/b18-13-. The fourth-order valence-corrected chi connectivity index (χ4v) is 4.10. The van der Waals surface area contributed by atoms with E-state index in [1.165, 1.54) is 11.8 Å². The molecule has 0 bridgehead atoms. The normalized spacial score (nSPS) is 12.0. The maximum atomic E-state index is 9.93. The summed E-state index contributed by atoms with van der Waals surface area (Å²) in [4.78, 5) is 4.53. The van der Waals surface area contributed by atoms with Gasteiger partial charge in [0.15, 0.2) is 4.34 Å². The first-order chi connectivity index (χ1) is 10.7. The largest absolute Gasteiger partial charge is 0.507 e. The Morgan fingerprint density at radius 1 is 1.27 bits per heavy atom. The maximum Gasteiger partial charge on any atom is 0.151 e. The van der Waals surface area contributed by atoms with Crippen LogP contribution in [0.2, 0.25) is 0 Å². The van der Waals surface area contributed by atoms with E-state index in [0.717, 1.165) is 20.1 Å². The lowest BCUT2D eigenvalue weighted by Gasteiger charge is -2.07. The summed E-state index contributed by atoms with van der Waals surface area (Å²) in [5, 5.41) is 22.5. The third kappa shape index (κ3) is 3.08. The molecule has 22 heavy (non-hydrogen) atoms. The molecule has 0 unspecified atom stereocenters. The van der Waals surface area contributed by atoms with Crippen LogP contribution in [0, 0.1) is 6.92 Å². The lowest BCUT2D eigenvalue weighted by Crippen LogP contribution is -2.05. The number of aryl methyl sites for hydroxylation is 1. The van der Waals surface area contributed by atoms with Gasteiger partial charge < -0.3 is 10.3 Å². The lowest BCUT2D eigenvalue weighted by atomic mass is 10.1. The van der Waals surface area contributed by atoms with E-state index in [1.807, 2.05) is 43.3 Å². The molecule has 3 rings (SSSR count). The lowest BCUT2D eigenvalue weighted by molar-refractivity contribution is 0.319. The van der Waals surface area contributed by atoms with Crippen LogP contribution in [-0.2, 0) is 0 Å². The monoisotopic (exact) mass is 330 g/mol. The van der Waals surface area contributed by atoms with Crippen LogP contribution in [0.15, 0.2) is 52.0 Å². The summed E-state index contributed by atoms with van der Waals surface area (Å²) in [6.45, 7) is 1.93. The van der Waals surface area contributed by atoms with E-state index >= 15 is 0 Å². The number of hydrogen-bond donors (Lipinski definition) is 2. The Bertz CT molecular complexity index is 810. The molecule has 0 atom stereocenters. The molecule has 4 nitrogen and oxygen atoms in total. The summed E-state index contributed by atoms with van der Waals surface area (Å²) >= 11 is 3.10. The highest BCUT2D eigenvalue weighted by molar-refractivity contribution is 8.01. The molecule has 0 radical (unpaired) electrons. The van der Waals surface area contributed by atoms with Gasteiger partial charge >= 0.3 is 0 Å². The SMILES string of the molecule is Cc1ccc(O)c(/C(CSc2nc3ccccc3s2)=N\O)c1. The van der Waals surface area contributed by atoms with Crippen molar-refractivity contribution in [3.63, 3.8) is 0 Å². The van der Waals surface area contributed by atoms with Gasteiger partial charge in [-0.3, -0.25) is 0 Å². The number of thioether (sulfide) groups is 1. The highest BCUT2D eigenvalue weighted by Crippen LogP contribution is 2.30. The van der Waals surface area contributed by atoms with Crippen LogP contribution in [0.4, 0.5) is 0 Å². The summed E-state index contributed by atoms with van der Waals surface area (Å²) in [6.07, 6.45) is 0. The third-order valence-corrected chi connectivity index (χ3v) is 5.38. The second-order valence-corrected chi connectivity index (χ2v) is 7.06. The molecular weight excluding hydrogens is 316 g/mol. The van der Waals surface area contributed by atoms with Crippen LogP contribution in [0.3, 0.4) is 0 Å². The van der Waals surface area contributed by atoms with Crippen LogP contribution >= 0.6 is 23.1 Å². The molecule has 0 spiro atoms. The Balaban J connectivity index is 1.80. The number of fused-ring (bicyclic) bond motifs is 1. The zero-order chi connectivity index (χ0) is 15.5. The van der Waals surface area contributed by atoms with Crippen LogP contribution in [0.25, 0.3) is 10.2 Å². The minimum atomic E-state index is 0.114. The molecule has 0 saturated heterocycles. The summed E-state index contributed by atoms with van der Waals surface area (Å²) in [5.74, 6) is 0.552. The van der Waals surface area contributed by atoms with Crippen molar-refractivity contribution in [2.75, 3.05) is 5.75 Å². The Labute approximate surface area is 136 Å². The molecule has 112 valence electrons. The average molecular weight is 330 g/mol. The number of nitrogens with zero attached hydrogens (tertiary/aromatic N) is 2. The summed E-state index contributed by atoms with van der Waals surface area (Å²) in [6, 6.07) is 13.2. The van der Waals surface area contributed by atoms with E-state index < -0.39 is 0 Å². The fourth-order valence-electron chi connectivity index (χ4n) is 2.08. The molecule has 0 saturated carbocycles. The molecule has 2 aromatic carbocycles. The van der Waals surface area contributed by atoms with E-state index in [0.29, 0.717) is 17.0 Å². The quantitative estimate of drug-likeness (QED) is 0.324. The first-order valence-electron chi connectivity index (χ1n) is 6.66. The molecule has 6 heteroatoms. The molecule has 0 aliphatic carbocycles. The van der Waals surface area contributed by atoms with Gasteiger partial charge in [-0.25, -0.2) is 4.98 Å². The molecule has 0 aliphatic rings. The number of aromatic hydroxyl groups is 1. The topological polar surface area (TPSA) is 65.7 Å². The molecule has 0 amide bonds. The fraction of sp³-hybridized carbons (Fsp3) is 0.125. The molecule has 0 fully saturated rings. The number of aromatic nitrogens is 1. The number of benzene rings is 2. The van der Waals surface area contributed by atoms with Crippen molar-refractivity contribution in [2.45, 2.75) is 11.3 Å². The van der Waals surface area contributed by atoms with Gasteiger partial charge in [0.2, 0.25) is 0 Å². The van der Waals surface area contributed by atoms with Crippen molar-refractivity contribution in [1.82, 2.24) is 4.98 Å². The molecule has 3 aromatic rings. The van der Waals surface area contributed by atoms with Crippen LogP contribution in [0.5, 0.6) is 5.75 Å². The Morgan fingerprint density at radius 3 is 2.86 bits per heavy atom. The van der Waals surface area contributed by atoms with Gasteiger partial charge in [0, 0.05) is 11.3 Å². The maximum absolute atomic E-state index is 9.93. The zero-order valence-electron chi connectivity index (χ0n) is 11.9. The predicted molar refractivity (Wildman–Crippen MR) is 91.5 cm³/mol. The Morgan fingerprint density at radius 2 is 2.09 bits per heavy atom. The summed E-state index contributed by atoms with van der Waals surface area (Å²) < 4.78 is 2.04. The smallest absolute Gasteiger partial charge is 0.151 e. The van der Waals surface area contributed by atoms with E-state index in [1.54, 1.807) is 17.4 Å². The number of hydrogen-bond acceptors (Lipinski definition) is 6. The van der Waals surface area contributed by atoms with Crippen molar-refractivity contribution in [3.8, 4) is 5.75 Å². The Kier molecular flexibility index (Phi) is 4.31. The van der Waals surface area contributed by atoms with Gasteiger partial charge in [-0.15, -0.1) is 11.3 Å². The van der Waals surface area contributed by atoms with Crippen LogP contribution < -0.4 is 0 Å². The minimum absolute atomic E-state index is 0.114. The molecule has 1 aromatic heterocycles. The highest BCUT2D eigenvalue weighted by atomic mass is 32.2. The van der Waals surface area contributed by atoms with Gasteiger partial charge in [0.1, 0.15) is 11.5 Å². The molecular formula is C16H14N2O2S2. The van der Waals surface area contributed by atoms with Crippen molar-refractivity contribution >= 4 is 39.0 Å². The number of rotatable bonds is 4. The average Bonchev–Trinajstić information content (AvgIpc) is 2.94. The zero-order valence-corrected chi connectivity index (χ0v) is 13.5. The first kappa shape index (κ1) is 14.9. The summed E-state index contributed by atoms with van der Waals surface area (Å²) in [7, 11) is 0. The number of oxime groups is 1. The van der Waals surface area contributed by atoms with Crippen molar-refractivity contribution in [3.05, 3.63) is 53.6 Å². The van der Waals surface area contributed by atoms with Crippen molar-refractivity contribution in [2.24, 2.45) is 5.16 Å². The van der Waals surface area contributed by atoms with Crippen molar-refractivity contribution in [1.29, 1.82) is 0 Å². The third-order valence-electron chi connectivity index (χ3n) is 3.19. The van der Waals surface area contributed by atoms with Gasteiger partial charge in [0.25, 0.3) is 0 Å². The van der Waals surface area contributed by atoms with E-state index in [-0.39, 0.29) is 5.75 Å². The van der Waals surface area contributed by atoms with E-state index in [4.69, 9.17) is 0 Å². The first-order valence-corrected chi connectivity index (χ1v) is 8.47. The molecule has 0 aliphatic heterocycles. The molecule has 2 N–H and O–H groups in total. The minimum Gasteiger partial charge on any atom is -0.507 e. The number of phenolic OH excluding ortho intramolecular Hbond substituents is 1. The number of phenols is 1.